The number of allylic oxidation sites excluding steroid dienone is 3. The highest BCUT2D eigenvalue weighted by Gasteiger charge is 2.24. The second kappa shape index (κ2) is 4.38. The van der Waals surface area contributed by atoms with Crippen molar-refractivity contribution in [3.05, 3.63) is 47.9 Å². The molecule has 0 radical (unpaired) electrons. The normalized spacial score (nSPS) is 15.2. The first-order valence-corrected chi connectivity index (χ1v) is 5.87. The van der Waals surface area contributed by atoms with Gasteiger partial charge < -0.3 is 14.3 Å². The highest BCUT2D eigenvalue weighted by Crippen LogP contribution is 2.29. The van der Waals surface area contributed by atoms with Crippen LogP contribution in [0.1, 0.15) is 5.76 Å². The molecule has 20 heavy (non-hydrogen) atoms. The van der Waals surface area contributed by atoms with Gasteiger partial charge in [-0.25, -0.2) is 0 Å². The second-order valence-corrected chi connectivity index (χ2v) is 4.33. The van der Waals surface area contributed by atoms with Crippen LogP contribution >= 0.6 is 0 Å². The van der Waals surface area contributed by atoms with Crippen molar-refractivity contribution >= 4 is 28.1 Å². The van der Waals surface area contributed by atoms with Gasteiger partial charge in [-0.1, -0.05) is 0 Å². The van der Waals surface area contributed by atoms with E-state index in [4.69, 9.17) is 9.15 Å². The maximum Gasteiger partial charge on any atom is 0.221 e. The van der Waals surface area contributed by atoms with Crippen molar-refractivity contribution in [2.24, 2.45) is 0 Å². The summed E-state index contributed by atoms with van der Waals surface area (Å²) in [5.74, 6) is -0.377. The van der Waals surface area contributed by atoms with Gasteiger partial charge in [0.15, 0.2) is 11.5 Å². The van der Waals surface area contributed by atoms with Crippen LogP contribution in [0.4, 0.5) is 0 Å². The minimum atomic E-state index is -0.384. The largest absolute Gasteiger partial charge is 0.508 e. The van der Waals surface area contributed by atoms with Gasteiger partial charge in [0.05, 0.1) is 12.7 Å². The highest BCUT2D eigenvalue weighted by atomic mass is 16.5. The van der Waals surface area contributed by atoms with Crippen molar-refractivity contribution in [2.45, 2.75) is 0 Å². The molecule has 0 aliphatic heterocycles. The summed E-state index contributed by atoms with van der Waals surface area (Å²) in [5.41, 5.74) is 0.620. The first kappa shape index (κ1) is 12.2. The van der Waals surface area contributed by atoms with Crippen LogP contribution in [0.15, 0.2) is 46.6 Å². The van der Waals surface area contributed by atoms with Crippen LogP contribution in [0.25, 0.3) is 16.5 Å². The Morgan fingerprint density at radius 3 is 2.65 bits per heavy atom. The molecule has 0 spiro atoms. The van der Waals surface area contributed by atoms with Crippen LogP contribution in [0.3, 0.4) is 0 Å². The third kappa shape index (κ3) is 1.89. The molecule has 1 aromatic carbocycles. The van der Waals surface area contributed by atoms with E-state index in [1.165, 1.54) is 25.3 Å². The zero-order valence-corrected chi connectivity index (χ0v) is 10.5. The molecule has 1 heterocycles. The summed E-state index contributed by atoms with van der Waals surface area (Å²) in [4.78, 5) is 23.7. The van der Waals surface area contributed by atoms with Gasteiger partial charge in [0.25, 0.3) is 0 Å². The predicted molar refractivity (Wildman–Crippen MR) is 71.0 cm³/mol. The van der Waals surface area contributed by atoms with Gasteiger partial charge in [-0.2, -0.15) is 0 Å². The van der Waals surface area contributed by atoms with Crippen LogP contribution in [0, 0.1) is 0 Å². The van der Waals surface area contributed by atoms with Crippen molar-refractivity contribution in [2.75, 3.05) is 7.11 Å². The van der Waals surface area contributed by atoms with E-state index in [9.17, 15) is 14.7 Å². The lowest BCUT2D eigenvalue weighted by molar-refractivity contribution is -0.116. The Kier molecular flexibility index (Phi) is 2.68. The molecule has 0 fully saturated rings. The number of phenolic OH excluding ortho intramolecular Hbond substituents is 1. The van der Waals surface area contributed by atoms with Gasteiger partial charge in [-0.05, 0) is 18.2 Å². The number of carbonyl (C=O) groups excluding carboxylic acids is 2. The lowest BCUT2D eigenvalue weighted by atomic mass is 10.00. The summed E-state index contributed by atoms with van der Waals surface area (Å²) in [6.45, 7) is 0. The molecule has 1 N–H and O–H groups in total. The third-order valence-electron chi connectivity index (χ3n) is 3.03. The number of methoxy groups -OCH3 is 1. The van der Waals surface area contributed by atoms with E-state index >= 15 is 0 Å². The molecule has 5 nitrogen and oxygen atoms in total. The molecule has 0 bridgehead atoms. The lowest BCUT2D eigenvalue weighted by Crippen LogP contribution is -2.13. The molecular weight excluding hydrogens is 260 g/mol. The Balaban J connectivity index is 2.08. The number of ketones is 2. The quantitative estimate of drug-likeness (QED) is 0.846. The number of ether oxygens (including phenoxy) is 1. The SMILES string of the molecule is COC1=CC(=O)C(c2cc3ccc(O)cc3o2)=CC1=O. The minimum Gasteiger partial charge on any atom is -0.508 e. The van der Waals surface area contributed by atoms with Gasteiger partial charge in [0, 0.05) is 23.6 Å². The fraction of sp³-hybridized carbons (Fsp3) is 0.0667. The summed E-state index contributed by atoms with van der Waals surface area (Å²) in [6.07, 6.45) is 2.33. The van der Waals surface area contributed by atoms with Crippen LogP contribution in [-0.2, 0) is 14.3 Å². The molecule has 1 aromatic heterocycles. The fourth-order valence-corrected chi connectivity index (χ4v) is 2.05. The Morgan fingerprint density at radius 2 is 1.90 bits per heavy atom. The third-order valence-corrected chi connectivity index (χ3v) is 3.03. The standard InChI is InChI=1S/C15H10O5/c1-19-15-7-11(17)10(6-12(15)18)14-4-8-2-3-9(16)5-13(8)20-14/h2-7,16H,1H3. The molecule has 0 atom stereocenters. The van der Waals surface area contributed by atoms with Crippen molar-refractivity contribution in [3.63, 3.8) is 0 Å². The highest BCUT2D eigenvalue weighted by molar-refractivity contribution is 6.34. The van der Waals surface area contributed by atoms with Gasteiger partial charge in [-0.15, -0.1) is 0 Å². The number of hydrogen-bond donors (Lipinski definition) is 1. The van der Waals surface area contributed by atoms with Crippen molar-refractivity contribution in [1.29, 1.82) is 0 Å². The zero-order valence-electron chi connectivity index (χ0n) is 10.5. The lowest BCUT2D eigenvalue weighted by Gasteiger charge is -2.08. The summed E-state index contributed by atoms with van der Waals surface area (Å²) < 4.78 is 10.3. The molecule has 0 amide bonds. The van der Waals surface area contributed by atoms with E-state index in [1.54, 1.807) is 12.1 Å². The molecule has 2 aromatic rings. The number of fused-ring (bicyclic) bond motifs is 1. The van der Waals surface area contributed by atoms with Crippen LogP contribution in [0.2, 0.25) is 0 Å². The van der Waals surface area contributed by atoms with Crippen LogP contribution < -0.4 is 0 Å². The number of benzene rings is 1. The second-order valence-electron chi connectivity index (χ2n) is 4.33. The Hall–Kier alpha value is -2.82. The Bertz CT molecular complexity index is 792. The summed E-state index contributed by atoms with van der Waals surface area (Å²) >= 11 is 0. The zero-order chi connectivity index (χ0) is 14.3. The van der Waals surface area contributed by atoms with Gasteiger partial charge in [0.1, 0.15) is 17.1 Å². The van der Waals surface area contributed by atoms with E-state index in [2.05, 4.69) is 0 Å². The summed E-state index contributed by atoms with van der Waals surface area (Å²) in [6, 6.07) is 6.29. The molecule has 0 saturated carbocycles. The number of hydrogen-bond acceptors (Lipinski definition) is 5. The van der Waals surface area contributed by atoms with Gasteiger partial charge >= 0.3 is 0 Å². The maximum absolute atomic E-state index is 12.0. The van der Waals surface area contributed by atoms with E-state index in [1.807, 2.05) is 0 Å². The fourth-order valence-electron chi connectivity index (χ4n) is 2.05. The van der Waals surface area contributed by atoms with E-state index in [0.29, 0.717) is 5.58 Å². The van der Waals surface area contributed by atoms with Gasteiger partial charge in [-0.3, -0.25) is 9.59 Å². The average Bonchev–Trinajstić information content (AvgIpc) is 2.83. The first-order chi connectivity index (χ1) is 9.58. The van der Waals surface area contributed by atoms with Crippen molar-refractivity contribution in [1.82, 2.24) is 0 Å². The van der Waals surface area contributed by atoms with Gasteiger partial charge in [0.2, 0.25) is 5.78 Å². The first-order valence-electron chi connectivity index (χ1n) is 5.87. The number of rotatable bonds is 2. The Morgan fingerprint density at radius 1 is 1.10 bits per heavy atom. The van der Waals surface area contributed by atoms with E-state index in [-0.39, 0.29) is 34.4 Å². The number of phenols is 1. The van der Waals surface area contributed by atoms with Crippen LogP contribution in [-0.4, -0.2) is 23.8 Å². The predicted octanol–water partition coefficient (Wildman–Crippen LogP) is 2.20. The molecule has 1 aliphatic carbocycles. The smallest absolute Gasteiger partial charge is 0.221 e. The topological polar surface area (TPSA) is 76.7 Å². The number of aromatic hydroxyl groups is 1. The van der Waals surface area contributed by atoms with E-state index < -0.39 is 0 Å². The molecule has 1 aliphatic rings. The minimum absolute atomic E-state index is 0.00695. The summed E-state index contributed by atoms with van der Waals surface area (Å²) in [5, 5.41) is 10.1. The average molecular weight is 270 g/mol. The Labute approximate surface area is 113 Å². The monoisotopic (exact) mass is 270 g/mol. The molecule has 100 valence electrons. The number of furan rings is 1. The van der Waals surface area contributed by atoms with Crippen LogP contribution in [0.5, 0.6) is 5.75 Å². The van der Waals surface area contributed by atoms with Crippen molar-refractivity contribution in [3.8, 4) is 5.75 Å². The molecule has 0 unspecified atom stereocenters. The van der Waals surface area contributed by atoms with Crippen molar-refractivity contribution < 1.29 is 23.8 Å². The molecule has 0 saturated heterocycles. The molecule has 3 rings (SSSR count). The van der Waals surface area contributed by atoms with E-state index in [0.717, 1.165) is 11.5 Å². The number of carbonyl (C=O) groups is 2. The molecular formula is C15H10O5. The maximum atomic E-state index is 12.0. The molecule has 5 heteroatoms. The summed E-state index contributed by atoms with van der Waals surface area (Å²) in [7, 11) is 1.33.